The van der Waals surface area contributed by atoms with Crippen LogP contribution in [0, 0.1) is 23.7 Å². The predicted octanol–water partition coefficient (Wildman–Crippen LogP) is -3.42. The van der Waals surface area contributed by atoms with E-state index in [1.54, 1.807) is 27.7 Å². The normalized spacial score (nSPS) is 16.8. The molecule has 3 heterocycles. The van der Waals surface area contributed by atoms with Gasteiger partial charge in [-0.1, -0.05) is 27.7 Å². The first kappa shape index (κ1) is 51.8. The van der Waals surface area contributed by atoms with Gasteiger partial charge in [-0.2, -0.15) is 0 Å². The van der Waals surface area contributed by atoms with E-state index in [9.17, 15) is 68.4 Å². The zero-order valence-corrected chi connectivity index (χ0v) is 34.5. The van der Waals surface area contributed by atoms with Gasteiger partial charge >= 0.3 is 26.2 Å². The largest absolute Gasteiger partial charge is 4.00 e. The van der Waals surface area contributed by atoms with Crippen molar-refractivity contribution in [3.8, 4) is 0 Å². The van der Waals surface area contributed by atoms with Crippen LogP contribution >= 0.6 is 0 Å². The van der Waals surface area contributed by atoms with Crippen LogP contribution in [0.1, 0.15) is 81.1 Å². The van der Waals surface area contributed by atoms with Crippen molar-refractivity contribution in [2.45, 2.75) is 81.1 Å². The summed E-state index contributed by atoms with van der Waals surface area (Å²) in [7, 11) is 0. The molecule has 18 heteroatoms. The van der Waals surface area contributed by atoms with E-state index in [1.807, 2.05) is 14.7 Å². The minimum Gasteiger partial charge on any atom is -0.549 e. The summed E-state index contributed by atoms with van der Waals surface area (Å²) in [5, 5.41) is 40.2. The van der Waals surface area contributed by atoms with Crippen LogP contribution in [0.3, 0.4) is 0 Å². The second kappa shape index (κ2) is 24.9. The SMILES string of the molecule is CCC(C(C)=O)C(=O)[O-].CCC(C(C)=O)C(=O)[O-].CCC(C(C)=O)C(=O)[O-].CCC(C(C)=O)C(=O)[O-].O=C1C=C(N2CC2)C(=O)C(N2CC2)=C1N1CC1.[Zr+4]. The Morgan fingerprint density at radius 2 is 0.741 bits per heavy atom. The third-order valence-electron chi connectivity index (χ3n) is 8.22. The fourth-order valence-corrected chi connectivity index (χ4v) is 4.76. The van der Waals surface area contributed by atoms with E-state index >= 15 is 0 Å². The number of hydrogen-bond donors (Lipinski definition) is 0. The van der Waals surface area contributed by atoms with Crippen molar-refractivity contribution >= 4 is 58.6 Å². The number of aliphatic carboxylic acids is 4. The summed E-state index contributed by atoms with van der Waals surface area (Å²) in [6.07, 6.45) is 2.79. The maximum atomic E-state index is 12.4. The number of nitrogens with zero attached hydrogens (tertiary/aromatic N) is 3. The van der Waals surface area contributed by atoms with Crippen molar-refractivity contribution in [3.05, 3.63) is 23.2 Å². The third kappa shape index (κ3) is 17.7. The number of hydrogen-bond acceptors (Lipinski definition) is 17. The molecule has 0 radical (unpaired) electrons. The number of carboxylic acids is 4. The molecule has 0 N–H and O–H groups in total. The van der Waals surface area contributed by atoms with Gasteiger partial charge in [-0.25, -0.2) is 0 Å². The van der Waals surface area contributed by atoms with E-state index in [4.69, 9.17) is 0 Å². The Balaban J connectivity index is 0. The van der Waals surface area contributed by atoms with Crippen LogP contribution in [0.2, 0.25) is 0 Å². The Labute approximate surface area is 333 Å². The molecule has 3 saturated heterocycles. The molecule has 4 rings (SSSR count). The van der Waals surface area contributed by atoms with E-state index < -0.39 is 47.5 Å². The molecule has 4 atom stereocenters. The van der Waals surface area contributed by atoms with Gasteiger partial charge in [0.15, 0.2) is 0 Å². The minimum atomic E-state index is -1.27. The molecule has 1 aliphatic carbocycles. The van der Waals surface area contributed by atoms with Crippen LogP contribution in [-0.4, -0.2) is 113 Å². The molecular formula is C36H49N3O14Zr. The average Bonchev–Trinajstić information content (AvgIpc) is 3.88. The maximum Gasteiger partial charge on any atom is 4.00 e. The fraction of sp³-hybridized carbons (Fsp3) is 0.611. The summed E-state index contributed by atoms with van der Waals surface area (Å²) in [6, 6.07) is 0. The maximum absolute atomic E-state index is 12.4. The summed E-state index contributed by atoms with van der Waals surface area (Å²) >= 11 is 0. The van der Waals surface area contributed by atoms with Gasteiger partial charge in [0.2, 0.25) is 11.6 Å². The van der Waals surface area contributed by atoms with Crippen LogP contribution in [0.15, 0.2) is 23.2 Å². The standard InChI is InChI=1S/C12H13N3O2.4C6H10O3.Zr/c16-9-7-8(13-1-2-13)12(17)11(15-5-6-15)10(9)14-3-4-14;4*1-3-5(4(2)7)6(8)9;/h7H,1-6H2;4*5H,3H2,1-2H3,(H,8,9);/q;;;;;+4/p-4. The van der Waals surface area contributed by atoms with Crippen LogP contribution in [0.4, 0.5) is 0 Å². The van der Waals surface area contributed by atoms with Gasteiger partial charge in [-0.15, -0.1) is 0 Å². The Morgan fingerprint density at radius 3 is 0.907 bits per heavy atom. The summed E-state index contributed by atoms with van der Waals surface area (Å²) in [5.41, 5.74) is 1.89. The van der Waals surface area contributed by atoms with Crippen molar-refractivity contribution in [2.24, 2.45) is 23.7 Å². The predicted molar refractivity (Wildman–Crippen MR) is 178 cm³/mol. The van der Waals surface area contributed by atoms with E-state index in [0.717, 1.165) is 39.3 Å². The van der Waals surface area contributed by atoms with Gasteiger partial charge in [-0.05, 0) is 53.4 Å². The molecule has 3 fully saturated rings. The summed E-state index contributed by atoms with van der Waals surface area (Å²) in [6.45, 7) is 17.0. The molecule has 0 bridgehead atoms. The number of carbonyl (C=O) groups excluding carboxylic acids is 10. The number of allylic oxidation sites excluding steroid dienone is 1. The molecule has 4 unspecified atom stereocenters. The Hall–Kier alpha value is -4.34. The van der Waals surface area contributed by atoms with Crippen LogP contribution in [-0.2, 0) is 74.1 Å². The molecular weight excluding hydrogens is 790 g/mol. The molecule has 0 spiro atoms. The van der Waals surface area contributed by atoms with Crippen LogP contribution in [0.5, 0.6) is 0 Å². The van der Waals surface area contributed by atoms with Gasteiger partial charge in [0.1, 0.15) is 34.5 Å². The van der Waals surface area contributed by atoms with Crippen molar-refractivity contribution in [2.75, 3.05) is 39.3 Å². The van der Waals surface area contributed by atoms with Gasteiger partial charge in [-0.3, -0.25) is 28.8 Å². The van der Waals surface area contributed by atoms with E-state index in [1.165, 1.54) is 33.8 Å². The number of ketones is 6. The Morgan fingerprint density at radius 1 is 0.500 bits per heavy atom. The summed E-state index contributed by atoms with van der Waals surface area (Å²) in [4.78, 5) is 112. The Bertz CT molecular complexity index is 1310. The molecule has 0 saturated carbocycles. The Kier molecular flexibility index (Phi) is 23.8. The van der Waals surface area contributed by atoms with Crippen LogP contribution in [0.25, 0.3) is 0 Å². The average molecular weight is 839 g/mol. The summed E-state index contributed by atoms with van der Waals surface area (Å²) in [5.74, 6) is -10.0. The topological polar surface area (TPSA) is 272 Å². The molecule has 0 aromatic heterocycles. The van der Waals surface area contributed by atoms with Crippen molar-refractivity contribution in [1.82, 2.24) is 14.7 Å². The molecule has 0 aromatic carbocycles. The monoisotopic (exact) mass is 837 g/mol. The first-order valence-electron chi connectivity index (χ1n) is 17.3. The van der Waals surface area contributed by atoms with Crippen LogP contribution < -0.4 is 20.4 Å². The zero-order valence-electron chi connectivity index (χ0n) is 32.0. The van der Waals surface area contributed by atoms with Gasteiger partial charge in [0, 0.05) is 45.3 Å². The number of Topliss-reactive ketones (excluding diaryl/α,β-unsaturated/α-hetero) is 5. The molecule has 296 valence electrons. The van der Waals surface area contributed by atoms with E-state index in [0.29, 0.717) is 42.8 Å². The van der Waals surface area contributed by atoms with Gasteiger partial charge < -0.3 is 54.3 Å². The minimum absolute atomic E-state index is 0. The van der Waals surface area contributed by atoms with Crippen molar-refractivity contribution in [3.63, 3.8) is 0 Å². The quantitative estimate of drug-likeness (QED) is 0.0883. The second-order valence-electron chi connectivity index (χ2n) is 12.4. The second-order valence-corrected chi connectivity index (χ2v) is 12.4. The fourth-order valence-electron chi connectivity index (χ4n) is 4.76. The summed E-state index contributed by atoms with van der Waals surface area (Å²) < 4.78 is 0. The molecule has 3 aliphatic heterocycles. The van der Waals surface area contributed by atoms with E-state index in [2.05, 4.69) is 0 Å². The van der Waals surface area contributed by atoms with Gasteiger partial charge in [0.05, 0.1) is 53.2 Å². The number of carboxylic acid groups (broad SMARTS) is 4. The van der Waals surface area contributed by atoms with E-state index in [-0.39, 0.29) is 60.9 Å². The molecule has 4 aliphatic rings. The third-order valence-corrected chi connectivity index (χ3v) is 8.22. The molecule has 54 heavy (non-hydrogen) atoms. The zero-order chi connectivity index (χ0) is 41.3. The van der Waals surface area contributed by atoms with Crippen molar-refractivity contribution in [1.29, 1.82) is 0 Å². The molecule has 17 nitrogen and oxygen atoms in total. The smallest absolute Gasteiger partial charge is 0.549 e. The first-order chi connectivity index (χ1) is 24.6. The number of rotatable bonds is 15. The van der Waals surface area contributed by atoms with Crippen molar-refractivity contribution < 1.29 is 94.6 Å². The first-order valence-corrected chi connectivity index (χ1v) is 17.3. The van der Waals surface area contributed by atoms with Gasteiger partial charge in [0.25, 0.3) is 0 Å². The molecule has 0 aromatic rings. The number of carbonyl (C=O) groups is 10. The molecule has 0 amide bonds.